The first kappa shape index (κ1) is 12.0. The zero-order valence-electron chi connectivity index (χ0n) is 9.76. The molecule has 0 bridgehead atoms. The Morgan fingerprint density at radius 2 is 1.63 bits per heavy atom. The molecule has 0 unspecified atom stereocenters. The third-order valence-electron chi connectivity index (χ3n) is 2.90. The Morgan fingerprint density at radius 3 is 2.37 bits per heavy atom. The first-order chi connectivity index (χ1) is 9.13. The lowest BCUT2D eigenvalue weighted by atomic mass is 10.0. The van der Waals surface area contributed by atoms with E-state index in [0.29, 0.717) is 11.0 Å². The average molecular weight is 317 g/mol. The summed E-state index contributed by atoms with van der Waals surface area (Å²) in [5.74, 6) is -0.0646. The second kappa shape index (κ2) is 4.55. The van der Waals surface area contributed by atoms with E-state index in [0.717, 1.165) is 21.7 Å². The molecule has 1 N–H and O–H groups in total. The van der Waals surface area contributed by atoms with E-state index in [9.17, 15) is 9.90 Å². The zero-order valence-corrected chi connectivity index (χ0v) is 11.3. The molecule has 2 aromatic carbocycles. The van der Waals surface area contributed by atoms with Gasteiger partial charge in [-0.2, -0.15) is 0 Å². The lowest BCUT2D eigenvalue weighted by Gasteiger charge is -2.04. The van der Waals surface area contributed by atoms with Crippen molar-refractivity contribution in [2.45, 2.75) is 0 Å². The van der Waals surface area contributed by atoms with Gasteiger partial charge < -0.3 is 9.52 Å². The number of benzene rings is 2. The van der Waals surface area contributed by atoms with Gasteiger partial charge in [0.15, 0.2) is 0 Å². The topological polar surface area (TPSA) is 50.4 Å². The molecule has 1 aromatic heterocycles. The van der Waals surface area contributed by atoms with E-state index in [-0.39, 0.29) is 5.75 Å². The van der Waals surface area contributed by atoms with Crippen LogP contribution in [-0.4, -0.2) is 5.11 Å². The van der Waals surface area contributed by atoms with Crippen LogP contribution in [0, 0.1) is 0 Å². The van der Waals surface area contributed by atoms with Gasteiger partial charge in [-0.3, -0.25) is 0 Å². The molecule has 0 atom stereocenters. The predicted molar refractivity (Wildman–Crippen MR) is 77.3 cm³/mol. The van der Waals surface area contributed by atoms with Crippen molar-refractivity contribution in [3.05, 3.63) is 63.4 Å². The van der Waals surface area contributed by atoms with Crippen LogP contribution in [0.2, 0.25) is 0 Å². The molecule has 94 valence electrons. The molecule has 3 aromatic rings. The number of hydrogen-bond acceptors (Lipinski definition) is 3. The number of fused-ring (bicyclic) bond motifs is 1. The highest BCUT2D eigenvalue weighted by molar-refractivity contribution is 9.10. The van der Waals surface area contributed by atoms with Gasteiger partial charge in [-0.15, -0.1) is 0 Å². The molecule has 0 fully saturated rings. The molecule has 4 heteroatoms. The van der Waals surface area contributed by atoms with E-state index in [4.69, 9.17) is 4.42 Å². The SMILES string of the molecule is O=c1cc(O)c2cc(-c3ccc(Br)cc3)ccc2o1. The molecular formula is C15H9BrO3. The molecule has 19 heavy (non-hydrogen) atoms. The maximum atomic E-state index is 11.2. The van der Waals surface area contributed by atoms with Gasteiger partial charge in [-0.25, -0.2) is 4.79 Å². The highest BCUT2D eigenvalue weighted by Gasteiger charge is 2.06. The van der Waals surface area contributed by atoms with Crippen LogP contribution in [0.4, 0.5) is 0 Å². The van der Waals surface area contributed by atoms with Gasteiger partial charge >= 0.3 is 5.63 Å². The Hall–Kier alpha value is -2.07. The van der Waals surface area contributed by atoms with Crippen molar-refractivity contribution >= 4 is 26.9 Å². The third kappa shape index (κ3) is 2.27. The fourth-order valence-corrected chi connectivity index (χ4v) is 2.23. The minimum atomic E-state index is -0.554. The first-order valence-corrected chi connectivity index (χ1v) is 6.45. The Balaban J connectivity index is 2.21. The fraction of sp³-hybridized carbons (Fsp3) is 0. The van der Waals surface area contributed by atoms with Crippen LogP contribution >= 0.6 is 15.9 Å². The van der Waals surface area contributed by atoms with Crippen LogP contribution < -0.4 is 5.63 Å². The van der Waals surface area contributed by atoms with Gasteiger partial charge in [0.25, 0.3) is 0 Å². The normalized spacial score (nSPS) is 10.8. The van der Waals surface area contributed by atoms with Crippen LogP contribution in [0.1, 0.15) is 0 Å². The molecule has 0 amide bonds. The lowest BCUT2D eigenvalue weighted by Crippen LogP contribution is -1.95. The van der Waals surface area contributed by atoms with Crippen molar-refractivity contribution in [3.8, 4) is 16.9 Å². The molecule has 0 aliphatic carbocycles. The van der Waals surface area contributed by atoms with E-state index in [1.807, 2.05) is 30.3 Å². The highest BCUT2D eigenvalue weighted by atomic mass is 79.9. The van der Waals surface area contributed by atoms with Crippen molar-refractivity contribution in [1.29, 1.82) is 0 Å². The van der Waals surface area contributed by atoms with Crippen LogP contribution in [0.25, 0.3) is 22.1 Å². The molecule has 0 aliphatic heterocycles. The predicted octanol–water partition coefficient (Wildman–Crippen LogP) is 3.93. The number of halogens is 1. The molecule has 1 heterocycles. The largest absolute Gasteiger partial charge is 0.507 e. The molecule has 3 nitrogen and oxygen atoms in total. The van der Waals surface area contributed by atoms with E-state index in [1.165, 1.54) is 0 Å². The molecule has 0 saturated heterocycles. The minimum absolute atomic E-state index is 0.0646. The van der Waals surface area contributed by atoms with Crippen molar-refractivity contribution in [3.63, 3.8) is 0 Å². The Labute approximate surface area is 117 Å². The van der Waals surface area contributed by atoms with Crippen molar-refractivity contribution < 1.29 is 9.52 Å². The lowest BCUT2D eigenvalue weighted by molar-refractivity contribution is 0.468. The number of aromatic hydroxyl groups is 1. The Bertz CT molecular complexity index is 804. The summed E-state index contributed by atoms with van der Waals surface area (Å²) in [5, 5.41) is 10.3. The van der Waals surface area contributed by atoms with Crippen LogP contribution in [0.15, 0.2) is 62.2 Å². The van der Waals surface area contributed by atoms with Gasteiger partial charge in [0, 0.05) is 4.47 Å². The van der Waals surface area contributed by atoms with Crippen molar-refractivity contribution in [2.24, 2.45) is 0 Å². The van der Waals surface area contributed by atoms with E-state index in [2.05, 4.69) is 15.9 Å². The minimum Gasteiger partial charge on any atom is -0.507 e. The molecular weight excluding hydrogens is 308 g/mol. The molecule has 0 radical (unpaired) electrons. The average Bonchev–Trinajstić information content (AvgIpc) is 2.39. The second-order valence-corrected chi connectivity index (χ2v) is 5.08. The molecule has 0 aliphatic rings. The van der Waals surface area contributed by atoms with Crippen molar-refractivity contribution in [1.82, 2.24) is 0 Å². The van der Waals surface area contributed by atoms with Crippen LogP contribution in [0.5, 0.6) is 5.75 Å². The first-order valence-electron chi connectivity index (χ1n) is 5.66. The Morgan fingerprint density at radius 1 is 0.947 bits per heavy atom. The summed E-state index contributed by atoms with van der Waals surface area (Å²) in [6, 6.07) is 14.3. The third-order valence-corrected chi connectivity index (χ3v) is 3.43. The van der Waals surface area contributed by atoms with Gasteiger partial charge in [0.05, 0.1) is 11.5 Å². The van der Waals surface area contributed by atoms with Crippen molar-refractivity contribution in [2.75, 3.05) is 0 Å². The van der Waals surface area contributed by atoms with Gasteiger partial charge in [-0.05, 0) is 35.4 Å². The zero-order chi connectivity index (χ0) is 13.4. The summed E-state index contributed by atoms with van der Waals surface area (Å²) < 4.78 is 6.03. The van der Waals surface area contributed by atoms with Crippen LogP contribution in [-0.2, 0) is 0 Å². The Kier molecular flexibility index (Phi) is 2.87. The van der Waals surface area contributed by atoms with E-state index < -0.39 is 5.63 Å². The van der Waals surface area contributed by atoms with E-state index >= 15 is 0 Å². The summed E-state index contributed by atoms with van der Waals surface area (Å²) in [5.41, 5.74) is 1.80. The second-order valence-electron chi connectivity index (χ2n) is 4.17. The van der Waals surface area contributed by atoms with Gasteiger partial charge in [-0.1, -0.05) is 34.1 Å². The molecule has 0 saturated carbocycles. The summed E-state index contributed by atoms with van der Waals surface area (Å²) in [6.07, 6.45) is 0. The summed E-state index contributed by atoms with van der Waals surface area (Å²) >= 11 is 3.39. The number of rotatable bonds is 1. The quantitative estimate of drug-likeness (QED) is 0.692. The standard InChI is InChI=1S/C15H9BrO3/c16-11-4-1-9(2-5-11)10-3-6-14-12(7-10)13(17)8-15(18)19-14/h1-8,17H. The van der Waals surface area contributed by atoms with E-state index in [1.54, 1.807) is 12.1 Å². The summed E-state index contributed by atoms with van der Waals surface area (Å²) in [7, 11) is 0. The maximum absolute atomic E-state index is 11.2. The smallest absolute Gasteiger partial charge is 0.339 e. The fourth-order valence-electron chi connectivity index (χ4n) is 1.97. The van der Waals surface area contributed by atoms with Gasteiger partial charge in [0.1, 0.15) is 11.3 Å². The monoisotopic (exact) mass is 316 g/mol. The number of hydrogen-bond donors (Lipinski definition) is 1. The summed E-state index contributed by atoms with van der Waals surface area (Å²) in [6.45, 7) is 0. The van der Waals surface area contributed by atoms with Gasteiger partial charge in [0.2, 0.25) is 0 Å². The molecule has 3 rings (SSSR count). The molecule has 0 spiro atoms. The maximum Gasteiger partial charge on any atom is 0.339 e. The summed E-state index contributed by atoms with van der Waals surface area (Å²) in [4.78, 5) is 11.2. The highest BCUT2D eigenvalue weighted by Crippen LogP contribution is 2.29. The van der Waals surface area contributed by atoms with Crippen LogP contribution in [0.3, 0.4) is 0 Å².